The molecule has 0 bridgehead atoms. The third kappa shape index (κ3) is 10.4. The first-order valence-electron chi connectivity index (χ1n) is 10.3. The smallest absolute Gasteiger partial charge is 0.339 e. The third-order valence-electron chi connectivity index (χ3n) is 3.98. The van der Waals surface area contributed by atoms with E-state index in [1.807, 2.05) is 0 Å². The highest BCUT2D eigenvalue weighted by Crippen LogP contribution is 2.12. The molecular weight excluding hydrogens is 360 g/mol. The second kappa shape index (κ2) is 16.1. The minimum atomic E-state index is -0.524. The zero-order valence-electron chi connectivity index (χ0n) is 17.2. The van der Waals surface area contributed by atoms with E-state index < -0.39 is 11.9 Å². The zero-order chi connectivity index (χ0) is 20.5. The molecule has 0 saturated carbocycles. The van der Waals surface area contributed by atoms with Crippen LogP contribution in [0.15, 0.2) is 24.3 Å². The van der Waals surface area contributed by atoms with Crippen molar-refractivity contribution in [3.05, 3.63) is 35.4 Å². The van der Waals surface area contributed by atoms with Gasteiger partial charge in [0.1, 0.15) is 0 Å². The quantitative estimate of drug-likeness (QED) is 0.305. The molecule has 0 radical (unpaired) electrons. The van der Waals surface area contributed by atoms with Crippen LogP contribution in [0.25, 0.3) is 0 Å². The number of hydrogen-bond acceptors (Lipinski definition) is 6. The van der Waals surface area contributed by atoms with Crippen LogP contribution in [-0.2, 0) is 18.9 Å². The van der Waals surface area contributed by atoms with E-state index in [0.29, 0.717) is 26.1 Å². The Labute approximate surface area is 168 Å². The van der Waals surface area contributed by atoms with Crippen molar-refractivity contribution in [3.8, 4) is 0 Å². The van der Waals surface area contributed by atoms with Crippen molar-refractivity contribution in [2.75, 3.05) is 39.6 Å². The Kier molecular flexibility index (Phi) is 13.8. The van der Waals surface area contributed by atoms with Crippen molar-refractivity contribution in [3.63, 3.8) is 0 Å². The average Bonchev–Trinajstić information content (AvgIpc) is 2.72. The molecule has 0 heterocycles. The van der Waals surface area contributed by atoms with Gasteiger partial charge in [-0.1, -0.05) is 38.8 Å². The van der Waals surface area contributed by atoms with E-state index in [1.165, 1.54) is 0 Å². The molecule has 0 spiro atoms. The largest absolute Gasteiger partial charge is 0.462 e. The molecule has 0 aromatic heterocycles. The summed E-state index contributed by atoms with van der Waals surface area (Å²) in [6, 6.07) is 6.54. The Morgan fingerprint density at radius 1 is 0.643 bits per heavy atom. The Bertz CT molecular complexity index is 509. The topological polar surface area (TPSA) is 71.1 Å². The highest BCUT2D eigenvalue weighted by molar-refractivity contribution is 6.03. The second-order valence-electron chi connectivity index (χ2n) is 6.46. The van der Waals surface area contributed by atoms with E-state index in [9.17, 15) is 9.59 Å². The Hall–Kier alpha value is -1.92. The van der Waals surface area contributed by atoms with Gasteiger partial charge in [-0.25, -0.2) is 9.59 Å². The average molecular weight is 395 g/mol. The predicted octanol–water partition coefficient (Wildman–Crippen LogP) is 4.41. The van der Waals surface area contributed by atoms with E-state index in [1.54, 1.807) is 24.3 Å². The lowest BCUT2D eigenvalue weighted by molar-refractivity contribution is 0.0398. The molecule has 158 valence electrons. The molecule has 0 amide bonds. The Morgan fingerprint density at radius 3 is 1.43 bits per heavy atom. The lowest BCUT2D eigenvalue weighted by Crippen LogP contribution is -2.16. The van der Waals surface area contributed by atoms with E-state index in [0.717, 1.165) is 38.9 Å². The van der Waals surface area contributed by atoms with Crippen molar-refractivity contribution in [1.29, 1.82) is 0 Å². The molecule has 0 aliphatic rings. The SMILES string of the molecule is CCCCOCCCOC(=O)c1ccccc1C(=O)OCCCOCCCC. The number of unbranched alkanes of at least 4 members (excludes halogenated alkanes) is 2. The fourth-order valence-corrected chi connectivity index (χ4v) is 2.34. The molecular formula is C22H34O6. The summed E-state index contributed by atoms with van der Waals surface area (Å²) in [6.45, 7) is 7.27. The molecule has 0 atom stereocenters. The maximum atomic E-state index is 12.3. The van der Waals surface area contributed by atoms with Crippen LogP contribution < -0.4 is 0 Å². The molecule has 1 rings (SSSR count). The van der Waals surface area contributed by atoms with Crippen molar-refractivity contribution in [2.45, 2.75) is 52.4 Å². The van der Waals surface area contributed by atoms with E-state index in [-0.39, 0.29) is 24.3 Å². The van der Waals surface area contributed by atoms with Gasteiger partial charge in [0.25, 0.3) is 0 Å². The van der Waals surface area contributed by atoms with Gasteiger partial charge in [-0.05, 0) is 25.0 Å². The van der Waals surface area contributed by atoms with Gasteiger partial charge < -0.3 is 18.9 Å². The van der Waals surface area contributed by atoms with Crippen LogP contribution in [0.3, 0.4) is 0 Å². The van der Waals surface area contributed by atoms with Crippen molar-refractivity contribution in [2.24, 2.45) is 0 Å². The molecule has 0 unspecified atom stereocenters. The molecule has 28 heavy (non-hydrogen) atoms. The van der Waals surface area contributed by atoms with Gasteiger partial charge in [-0.3, -0.25) is 0 Å². The third-order valence-corrected chi connectivity index (χ3v) is 3.98. The van der Waals surface area contributed by atoms with Crippen LogP contribution >= 0.6 is 0 Å². The van der Waals surface area contributed by atoms with Crippen LogP contribution in [0.2, 0.25) is 0 Å². The van der Waals surface area contributed by atoms with Crippen LogP contribution in [-0.4, -0.2) is 51.6 Å². The fourth-order valence-electron chi connectivity index (χ4n) is 2.34. The molecule has 6 nitrogen and oxygen atoms in total. The minimum Gasteiger partial charge on any atom is -0.462 e. The van der Waals surface area contributed by atoms with Gasteiger partial charge >= 0.3 is 11.9 Å². The molecule has 0 fully saturated rings. The molecule has 0 aliphatic heterocycles. The number of carbonyl (C=O) groups excluding carboxylic acids is 2. The molecule has 0 saturated heterocycles. The molecule has 1 aromatic carbocycles. The van der Waals surface area contributed by atoms with Gasteiger partial charge in [0.15, 0.2) is 0 Å². The summed E-state index contributed by atoms with van der Waals surface area (Å²) < 4.78 is 21.4. The van der Waals surface area contributed by atoms with Gasteiger partial charge in [0.05, 0.1) is 24.3 Å². The highest BCUT2D eigenvalue weighted by Gasteiger charge is 2.18. The van der Waals surface area contributed by atoms with Gasteiger partial charge in [-0.15, -0.1) is 0 Å². The molecule has 6 heteroatoms. The second-order valence-corrected chi connectivity index (χ2v) is 6.46. The van der Waals surface area contributed by atoms with Crippen molar-refractivity contribution < 1.29 is 28.5 Å². The van der Waals surface area contributed by atoms with E-state index >= 15 is 0 Å². The lowest BCUT2D eigenvalue weighted by atomic mass is 10.1. The maximum absolute atomic E-state index is 12.3. The molecule has 0 aliphatic carbocycles. The highest BCUT2D eigenvalue weighted by atomic mass is 16.5. The molecule has 0 N–H and O–H groups in total. The standard InChI is InChI=1S/C22H34O6/c1-3-5-13-25-15-9-17-27-21(23)19-11-7-8-12-20(19)22(24)28-18-10-16-26-14-6-4-2/h7-8,11-12H,3-6,9-10,13-18H2,1-2H3. The predicted molar refractivity (Wildman–Crippen MR) is 108 cm³/mol. The first-order valence-corrected chi connectivity index (χ1v) is 10.3. The number of benzene rings is 1. The normalized spacial score (nSPS) is 10.6. The summed E-state index contributed by atoms with van der Waals surface area (Å²) in [4.78, 5) is 24.6. The Morgan fingerprint density at radius 2 is 1.04 bits per heavy atom. The summed E-state index contributed by atoms with van der Waals surface area (Å²) in [5, 5.41) is 0. The Balaban J connectivity index is 2.35. The fraction of sp³-hybridized carbons (Fsp3) is 0.636. The monoisotopic (exact) mass is 394 g/mol. The van der Waals surface area contributed by atoms with Gasteiger partial charge in [0, 0.05) is 39.3 Å². The number of ether oxygens (including phenoxy) is 4. The lowest BCUT2D eigenvalue weighted by Gasteiger charge is -2.10. The summed E-state index contributed by atoms with van der Waals surface area (Å²) in [6.07, 6.45) is 5.49. The number of rotatable bonds is 16. The van der Waals surface area contributed by atoms with Crippen LogP contribution in [0.4, 0.5) is 0 Å². The summed E-state index contributed by atoms with van der Waals surface area (Å²) in [5.41, 5.74) is 0.442. The van der Waals surface area contributed by atoms with Crippen molar-refractivity contribution in [1.82, 2.24) is 0 Å². The van der Waals surface area contributed by atoms with Crippen LogP contribution in [0.1, 0.15) is 73.1 Å². The van der Waals surface area contributed by atoms with E-state index in [4.69, 9.17) is 18.9 Å². The van der Waals surface area contributed by atoms with Crippen LogP contribution in [0, 0.1) is 0 Å². The maximum Gasteiger partial charge on any atom is 0.339 e. The van der Waals surface area contributed by atoms with Crippen molar-refractivity contribution >= 4 is 11.9 Å². The van der Waals surface area contributed by atoms with Gasteiger partial charge in [0.2, 0.25) is 0 Å². The van der Waals surface area contributed by atoms with Gasteiger partial charge in [-0.2, -0.15) is 0 Å². The summed E-state index contributed by atoms with van der Waals surface area (Å²) in [7, 11) is 0. The first-order chi connectivity index (χ1) is 13.7. The molecule has 1 aromatic rings. The number of hydrogen-bond donors (Lipinski definition) is 0. The summed E-state index contributed by atoms with van der Waals surface area (Å²) in [5.74, 6) is -1.05. The first kappa shape index (κ1) is 24.1. The number of esters is 2. The van der Waals surface area contributed by atoms with Crippen LogP contribution in [0.5, 0.6) is 0 Å². The summed E-state index contributed by atoms with van der Waals surface area (Å²) >= 11 is 0. The van der Waals surface area contributed by atoms with E-state index in [2.05, 4.69) is 13.8 Å². The number of carbonyl (C=O) groups is 2. The zero-order valence-corrected chi connectivity index (χ0v) is 17.2. The minimum absolute atomic E-state index is 0.221.